The molecule has 10 nitrogen and oxygen atoms in total. The molecule has 0 saturated carbocycles. The number of hydrogen-bond donors (Lipinski definition) is 1. The Hall–Kier alpha value is -3.43. The third-order valence-corrected chi connectivity index (χ3v) is 4.51. The number of amides is 2. The minimum Gasteiger partial charge on any atom is -0.465 e. The quantitative estimate of drug-likeness (QED) is 0.424. The van der Waals surface area contributed by atoms with E-state index in [-0.39, 0.29) is 16.8 Å². The lowest BCUT2D eigenvalue weighted by Crippen LogP contribution is -2.43. The number of esters is 3. The van der Waals surface area contributed by atoms with Crippen molar-refractivity contribution >= 4 is 35.4 Å². The average Bonchev–Trinajstić information content (AvgIpc) is 2.75. The van der Waals surface area contributed by atoms with Gasteiger partial charge < -0.3 is 24.4 Å². The molecule has 2 rings (SSSR count). The topological polar surface area (TPSA) is 128 Å². The van der Waals surface area contributed by atoms with Crippen molar-refractivity contribution in [3.63, 3.8) is 0 Å². The second kappa shape index (κ2) is 10.4. The summed E-state index contributed by atoms with van der Waals surface area (Å²) in [6.07, 6.45) is 1.79. The number of nitrogens with one attached hydrogen (secondary N) is 1. The van der Waals surface area contributed by atoms with Crippen LogP contribution in [0.3, 0.4) is 0 Å². The summed E-state index contributed by atoms with van der Waals surface area (Å²) in [6.45, 7) is 2.23. The molecular formula is C20H24N2O8. The SMILES string of the molecule is COC(=O)c1cc(NC(=O)COC(=O)C(=O)N2CCC[C@@H](C)C2)cc(C(=O)OC)c1. The lowest BCUT2D eigenvalue weighted by atomic mass is 10.0. The van der Waals surface area contributed by atoms with Crippen LogP contribution in [-0.4, -0.2) is 68.5 Å². The highest BCUT2D eigenvalue weighted by Crippen LogP contribution is 2.18. The zero-order valence-corrected chi connectivity index (χ0v) is 17.1. The summed E-state index contributed by atoms with van der Waals surface area (Å²) < 4.78 is 14.0. The van der Waals surface area contributed by atoms with E-state index in [1.807, 2.05) is 6.92 Å². The first kappa shape index (κ1) is 22.9. The fourth-order valence-corrected chi connectivity index (χ4v) is 3.06. The Morgan fingerprint density at radius 2 is 1.63 bits per heavy atom. The molecule has 162 valence electrons. The molecule has 1 atom stereocenters. The van der Waals surface area contributed by atoms with Gasteiger partial charge in [-0.2, -0.15) is 0 Å². The fourth-order valence-electron chi connectivity index (χ4n) is 3.06. The second-order valence-corrected chi connectivity index (χ2v) is 6.91. The van der Waals surface area contributed by atoms with Crippen LogP contribution >= 0.6 is 0 Å². The van der Waals surface area contributed by atoms with Gasteiger partial charge in [0.15, 0.2) is 6.61 Å². The first-order valence-electron chi connectivity index (χ1n) is 9.32. The predicted molar refractivity (Wildman–Crippen MR) is 104 cm³/mol. The third kappa shape index (κ3) is 6.03. The number of hydrogen-bond acceptors (Lipinski definition) is 8. The van der Waals surface area contributed by atoms with E-state index in [1.165, 1.54) is 37.3 Å². The number of likely N-dealkylation sites (tertiary alicyclic amines) is 1. The van der Waals surface area contributed by atoms with E-state index >= 15 is 0 Å². The maximum Gasteiger partial charge on any atom is 0.397 e. The van der Waals surface area contributed by atoms with E-state index in [2.05, 4.69) is 14.8 Å². The standard InChI is InChI=1S/C20H24N2O8/c1-12-5-4-6-22(10-12)17(24)20(27)30-11-16(23)21-15-8-13(18(25)28-2)7-14(9-15)19(26)29-3/h7-9,12H,4-6,10-11H2,1-3H3,(H,21,23)/t12-/m1/s1. The first-order valence-corrected chi connectivity index (χ1v) is 9.32. The van der Waals surface area contributed by atoms with Crippen molar-refractivity contribution in [2.45, 2.75) is 19.8 Å². The summed E-state index contributed by atoms with van der Waals surface area (Å²) in [6, 6.07) is 3.84. The van der Waals surface area contributed by atoms with Gasteiger partial charge in [-0.15, -0.1) is 0 Å². The van der Waals surface area contributed by atoms with Crippen LogP contribution in [0.5, 0.6) is 0 Å². The summed E-state index contributed by atoms with van der Waals surface area (Å²) in [7, 11) is 2.34. The third-order valence-electron chi connectivity index (χ3n) is 4.51. The molecule has 1 fully saturated rings. The Morgan fingerprint density at radius 3 is 2.17 bits per heavy atom. The molecule has 0 radical (unpaired) electrons. The van der Waals surface area contributed by atoms with E-state index < -0.39 is 36.3 Å². The molecule has 2 amide bonds. The smallest absolute Gasteiger partial charge is 0.397 e. The lowest BCUT2D eigenvalue weighted by molar-refractivity contribution is -0.162. The zero-order valence-electron chi connectivity index (χ0n) is 17.1. The van der Waals surface area contributed by atoms with Gasteiger partial charge in [0.05, 0.1) is 25.3 Å². The molecule has 10 heteroatoms. The summed E-state index contributed by atoms with van der Waals surface area (Å²) in [5, 5.41) is 2.40. The van der Waals surface area contributed by atoms with Crippen molar-refractivity contribution in [3.05, 3.63) is 29.3 Å². The second-order valence-electron chi connectivity index (χ2n) is 6.91. The number of benzene rings is 1. The molecule has 0 spiro atoms. The van der Waals surface area contributed by atoms with Crippen LogP contribution in [0.25, 0.3) is 0 Å². The van der Waals surface area contributed by atoms with Gasteiger partial charge in [-0.25, -0.2) is 14.4 Å². The van der Waals surface area contributed by atoms with Gasteiger partial charge in [-0.1, -0.05) is 6.92 Å². The Bertz CT molecular complexity index is 817. The van der Waals surface area contributed by atoms with Crippen LogP contribution in [0, 0.1) is 5.92 Å². The zero-order chi connectivity index (χ0) is 22.3. The van der Waals surface area contributed by atoms with Crippen molar-refractivity contribution in [1.29, 1.82) is 0 Å². The maximum atomic E-state index is 12.1. The van der Waals surface area contributed by atoms with Gasteiger partial charge in [0.1, 0.15) is 0 Å². The highest BCUT2D eigenvalue weighted by atomic mass is 16.5. The van der Waals surface area contributed by atoms with Crippen molar-refractivity contribution < 1.29 is 38.2 Å². The summed E-state index contributed by atoms with van der Waals surface area (Å²) in [4.78, 5) is 61.2. The molecule has 1 aliphatic heterocycles. The molecule has 0 unspecified atom stereocenters. The number of ether oxygens (including phenoxy) is 3. The molecule has 1 N–H and O–H groups in total. The number of rotatable bonds is 5. The summed E-state index contributed by atoms with van der Waals surface area (Å²) >= 11 is 0. The van der Waals surface area contributed by atoms with Gasteiger partial charge in [0.25, 0.3) is 5.91 Å². The highest BCUT2D eigenvalue weighted by Gasteiger charge is 2.27. The van der Waals surface area contributed by atoms with Crippen molar-refractivity contribution in [2.24, 2.45) is 5.92 Å². The summed E-state index contributed by atoms with van der Waals surface area (Å²) in [5.41, 5.74) is 0.125. The van der Waals surface area contributed by atoms with Crippen LogP contribution in [0.15, 0.2) is 18.2 Å². The molecule has 0 aromatic heterocycles. The number of carbonyl (C=O) groups is 5. The molecule has 1 saturated heterocycles. The number of nitrogens with zero attached hydrogens (tertiary/aromatic N) is 1. The molecule has 1 heterocycles. The molecule has 0 bridgehead atoms. The Morgan fingerprint density at radius 1 is 1.03 bits per heavy atom. The average molecular weight is 420 g/mol. The number of carbonyl (C=O) groups excluding carboxylic acids is 5. The predicted octanol–water partition coefficient (Wildman–Crippen LogP) is 1.000. The number of methoxy groups -OCH3 is 2. The molecule has 0 aliphatic carbocycles. The van der Waals surface area contributed by atoms with Crippen LogP contribution in [-0.2, 0) is 28.6 Å². The molecule has 30 heavy (non-hydrogen) atoms. The van der Waals surface area contributed by atoms with Gasteiger partial charge >= 0.3 is 23.8 Å². The van der Waals surface area contributed by atoms with Crippen LogP contribution < -0.4 is 5.32 Å². The Kier molecular flexibility index (Phi) is 7.90. The normalized spacial score (nSPS) is 15.7. The minimum absolute atomic E-state index is 0.0158. The van der Waals surface area contributed by atoms with Gasteiger partial charge in [0.2, 0.25) is 0 Å². The van der Waals surface area contributed by atoms with E-state index in [0.29, 0.717) is 19.0 Å². The Balaban J connectivity index is 1.99. The first-order chi connectivity index (χ1) is 14.2. The van der Waals surface area contributed by atoms with E-state index in [9.17, 15) is 24.0 Å². The van der Waals surface area contributed by atoms with Crippen molar-refractivity contribution in [3.8, 4) is 0 Å². The van der Waals surface area contributed by atoms with E-state index in [0.717, 1.165) is 12.8 Å². The Labute approximate surface area is 173 Å². The van der Waals surface area contributed by atoms with Crippen molar-refractivity contribution in [1.82, 2.24) is 4.90 Å². The summed E-state index contributed by atoms with van der Waals surface area (Å²) in [5.74, 6) is -3.79. The minimum atomic E-state index is -1.11. The highest BCUT2D eigenvalue weighted by molar-refractivity contribution is 6.32. The fraction of sp³-hybridized carbons (Fsp3) is 0.450. The number of piperidine rings is 1. The van der Waals surface area contributed by atoms with E-state index in [4.69, 9.17) is 4.74 Å². The van der Waals surface area contributed by atoms with Gasteiger partial charge in [-0.3, -0.25) is 9.59 Å². The van der Waals surface area contributed by atoms with Gasteiger partial charge in [-0.05, 0) is 37.0 Å². The van der Waals surface area contributed by atoms with Gasteiger partial charge in [0, 0.05) is 18.8 Å². The lowest BCUT2D eigenvalue weighted by Gasteiger charge is -2.29. The van der Waals surface area contributed by atoms with Crippen LogP contribution in [0.1, 0.15) is 40.5 Å². The monoisotopic (exact) mass is 420 g/mol. The molecular weight excluding hydrogens is 396 g/mol. The van der Waals surface area contributed by atoms with Crippen molar-refractivity contribution in [2.75, 3.05) is 39.2 Å². The van der Waals surface area contributed by atoms with Crippen LogP contribution in [0.2, 0.25) is 0 Å². The molecule has 1 aromatic rings. The van der Waals surface area contributed by atoms with E-state index in [1.54, 1.807) is 0 Å². The largest absolute Gasteiger partial charge is 0.465 e. The maximum absolute atomic E-state index is 12.1. The molecule has 1 aliphatic rings. The molecule has 1 aromatic carbocycles. The number of anilines is 1. The van der Waals surface area contributed by atoms with Crippen LogP contribution in [0.4, 0.5) is 5.69 Å².